The number of nitrogens with zero attached hydrogens (tertiary/aromatic N) is 6. The number of nitrogen functional groups attached to an aromatic ring is 1. The van der Waals surface area contributed by atoms with Gasteiger partial charge >= 0.3 is 6.61 Å². The highest BCUT2D eigenvalue weighted by Crippen LogP contribution is 2.40. The molecule has 0 bridgehead atoms. The van der Waals surface area contributed by atoms with Crippen LogP contribution in [0.15, 0.2) is 43.1 Å². The molecule has 2 fully saturated rings. The lowest BCUT2D eigenvalue weighted by Crippen LogP contribution is -2.59. The van der Waals surface area contributed by atoms with E-state index in [0.29, 0.717) is 48.4 Å². The Morgan fingerprint density at radius 1 is 1.02 bits per heavy atom. The molecule has 3 aromatic heterocycles. The molecule has 1 aromatic carbocycles. The molecule has 0 radical (unpaired) electrons. The van der Waals surface area contributed by atoms with Crippen molar-refractivity contribution in [1.29, 1.82) is 0 Å². The standard InChI is InChI=1S/C29H32F4N8O/c30-21-7-2-17(10-22(21)31)23-11-18(13-41-16-39-25-26(34)37-15-38-27(25)41)24(12-36-23)40-9-1-8-29(35,14-40)19-3-5-20(6-4-19)42-28(32)33/h2,7,10-12,15-16,19-20,28H,1,3-6,8-9,13-14,35H2,(H2,34,37,38)/t19?,20?,29-/m1/s1. The average molecular weight is 585 g/mol. The van der Waals surface area contributed by atoms with E-state index < -0.39 is 29.9 Å². The van der Waals surface area contributed by atoms with Gasteiger partial charge in [0.15, 0.2) is 23.1 Å². The number of imidazole rings is 1. The summed E-state index contributed by atoms with van der Waals surface area (Å²) in [6.07, 6.45) is 8.57. The normalized spacial score (nSPS) is 23.1. The van der Waals surface area contributed by atoms with Crippen molar-refractivity contribution < 1.29 is 22.3 Å². The first-order valence-corrected chi connectivity index (χ1v) is 14.0. The van der Waals surface area contributed by atoms with Crippen LogP contribution in [0.3, 0.4) is 0 Å². The van der Waals surface area contributed by atoms with Crippen LogP contribution in [0.4, 0.5) is 29.1 Å². The second-order valence-corrected chi connectivity index (χ2v) is 11.3. The molecule has 2 aliphatic rings. The van der Waals surface area contributed by atoms with Gasteiger partial charge in [0.05, 0.1) is 36.6 Å². The molecule has 0 unspecified atom stereocenters. The summed E-state index contributed by atoms with van der Waals surface area (Å²) in [6, 6.07) is 5.56. The van der Waals surface area contributed by atoms with E-state index in [-0.39, 0.29) is 11.7 Å². The van der Waals surface area contributed by atoms with Gasteiger partial charge in [-0.3, -0.25) is 4.98 Å². The molecule has 1 aliphatic heterocycles. The fourth-order valence-corrected chi connectivity index (χ4v) is 6.48. The average Bonchev–Trinajstić information content (AvgIpc) is 3.38. The molecule has 1 aliphatic carbocycles. The minimum Gasteiger partial charge on any atom is -0.382 e. The largest absolute Gasteiger partial charge is 0.382 e. The molecule has 4 N–H and O–H groups in total. The Labute approximate surface area is 239 Å². The van der Waals surface area contributed by atoms with Gasteiger partial charge < -0.3 is 25.7 Å². The maximum atomic E-state index is 14.1. The lowest BCUT2D eigenvalue weighted by molar-refractivity contribution is -0.172. The lowest BCUT2D eigenvalue weighted by atomic mass is 9.70. The third kappa shape index (κ3) is 5.62. The molecular formula is C29H32F4N8O. The van der Waals surface area contributed by atoms with Crippen molar-refractivity contribution in [2.45, 2.75) is 63.3 Å². The van der Waals surface area contributed by atoms with Crippen LogP contribution < -0.4 is 16.4 Å². The van der Waals surface area contributed by atoms with Crippen molar-refractivity contribution in [1.82, 2.24) is 24.5 Å². The summed E-state index contributed by atoms with van der Waals surface area (Å²) >= 11 is 0. The van der Waals surface area contributed by atoms with E-state index in [1.165, 1.54) is 12.4 Å². The van der Waals surface area contributed by atoms with Crippen molar-refractivity contribution in [2.75, 3.05) is 23.7 Å². The molecule has 13 heteroatoms. The highest BCUT2D eigenvalue weighted by Gasteiger charge is 2.41. The minimum absolute atomic E-state index is 0.174. The first-order valence-electron chi connectivity index (χ1n) is 14.0. The van der Waals surface area contributed by atoms with Gasteiger partial charge in [-0.2, -0.15) is 8.78 Å². The van der Waals surface area contributed by atoms with Crippen LogP contribution in [0.2, 0.25) is 0 Å². The van der Waals surface area contributed by atoms with Gasteiger partial charge in [-0.1, -0.05) is 0 Å². The number of anilines is 2. The second kappa shape index (κ2) is 11.4. The first kappa shape index (κ1) is 28.3. The van der Waals surface area contributed by atoms with Crippen LogP contribution in [-0.2, 0) is 11.3 Å². The Kier molecular flexibility index (Phi) is 7.71. The Bertz CT molecular complexity index is 1570. The number of fused-ring (bicyclic) bond motifs is 1. The highest BCUT2D eigenvalue weighted by atomic mass is 19.3. The smallest absolute Gasteiger partial charge is 0.345 e. The number of hydrogen-bond acceptors (Lipinski definition) is 8. The molecule has 6 rings (SSSR count). The van der Waals surface area contributed by atoms with Crippen molar-refractivity contribution in [3.05, 3.63) is 60.3 Å². The molecule has 1 saturated carbocycles. The maximum absolute atomic E-state index is 14.1. The Morgan fingerprint density at radius 2 is 1.83 bits per heavy atom. The first-order chi connectivity index (χ1) is 20.2. The van der Waals surface area contributed by atoms with Gasteiger partial charge in [-0.25, -0.2) is 23.7 Å². The SMILES string of the molecule is Nc1ncnc2c1ncn2Cc1cc(-c2ccc(F)c(F)c2)ncc1N1CCC[C@](N)(C2CCC(OC(F)F)CC2)C1. The Morgan fingerprint density at radius 3 is 2.60 bits per heavy atom. The van der Waals surface area contributed by atoms with Crippen LogP contribution in [0, 0.1) is 17.6 Å². The van der Waals surface area contributed by atoms with Gasteiger partial charge in [-0.05, 0) is 74.3 Å². The van der Waals surface area contributed by atoms with Gasteiger partial charge in [-0.15, -0.1) is 0 Å². The number of hydrogen-bond donors (Lipinski definition) is 2. The van der Waals surface area contributed by atoms with E-state index in [1.54, 1.807) is 12.5 Å². The highest BCUT2D eigenvalue weighted by molar-refractivity contribution is 5.81. The molecule has 4 aromatic rings. The van der Waals surface area contributed by atoms with Crippen molar-refractivity contribution >= 4 is 22.7 Å². The lowest BCUT2D eigenvalue weighted by Gasteiger charge is -2.48. The number of aromatic nitrogens is 5. The summed E-state index contributed by atoms with van der Waals surface area (Å²) < 4.78 is 59.8. The summed E-state index contributed by atoms with van der Waals surface area (Å²) in [5.41, 5.74) is 16.3. The number of pyridine rings is 1. The quantitative estimate of drug-likeness (QED) is 0.295. The monoisotopic (exact) mass is 584 g/mol. The van der Waals surface area contributed by atoms with Crippen molar-refractivity contribution in [2.24, 2.45) is 11.7 Å². The molecule has 1 atom stereocenters. The van der Waals surface area contributed by atoms with E-state index in [1.807, 2.05) is 10.6 Å². The van der Waals surface area contributed by atoms with Crippen LogP contribution in [0.25, 0.3) is 22.4 Å². The van der Waals surface area contributed by atoms with E-state index in [2.05, 4.69) is 24.8 Å². The zero-order valence-corrected chi connectivity index (χ0v) is 22.9. The van der Waals surface area contributed by atoms with Crippen LogP contribution in [-0.4, -0.2) is 55.8 Å². The second-order valence-electron chi connectivity index (χ2n) is 11.3. The van der Waals surface area contributed by atoms with E-state index in [4.69, 9.17) is 16.2 Å². The number of piperidine rings is 1. The fraction of sp³-hybridized carbons (Fsp3) is 0.448. The number of benzene rings is 1. The molecular weight excluding hydrogens is 552 g/mol. The summed E-state index contributed by atoms with van der Waals surface area (Å²) in [4.78, 5) is 19.6. The number of rotatable bonds is 7. The van der Waals surface area contributed by atoms with Gasteiger partial charge in [0.1, 0.15) is 11.8 Å². The van der Waals surface area contributed by atoms with E-state index in [9.17, 15) is 17.6 Å². The van der Waals surface area contributed by atoms with Crippen molar-refractivity contribution in [3.63, 3.8) is 0 Å². The predicted molar refractivity (Wildman–Crippen MR) is 150 cm³/mol. The summed E-state index contributed by atoms with van der Waals surface area (Å²) in [6.45, 7) is -1.09. The van der Waals surface area contributed by atoms with Gasteiger partial charge in [0, 0.05) is 24.2 Å². The zero-order chi connectivity index (χ0) is 29.4. The molecule has 42 heavy (non-hydrogen) atoms. The maximum Gasteiger partial charge on any atom is 0.345 e. The number of ether oxygens (including phenoxy) is 1. The molecule has 0 amide bonds. The molecule has 9 nitrogen and oxygen atoms in total. The fourth-order valence-electron chi connectivity index (χ4n) is 6.48. The molecule has 222 valence electrons. The van der Waals surface area contributed by atoms with Gasteiger partial charge in [0.25, 0.3) is 0 Å². The van der Waals surface area contributed by atoms with E-state index >= 15 is 0 Å². The Hall–Kier alpha value is -3.84. The minimum atomic E-state index is -2.76. The Balaban J connectivity index is 1.32. The summed E-state index contributed by atoms with van der Waals surface area (Å²) in [5.74, 6) is -1.44. The molecule has 0 spiro atoms. The van der Waals surface area contributed by atoms with Gasteiger partial charge in [0.2, 0.25) is 0 Å². The van der Waals surface area contributed by atoms with Crippen LogP contribution in [0.1, 0.15) is 44.1 Å². The molecule has 4 heterocycles. The number of alkyl halides is 2. The summed E-state index contributed by atoms with van der Waals surface area (Å²) in [7, 11) is 0. The van der Waals surface area contributed by atoms with Crippen LogP contribution >= 0.6 is 0 Å². The summed E-state index contributed by atoms with van der Waals surface area (Å²) in [5, 5.41) is 0. The third-order valence-electron chi connectivity index (χ3n) is 8.63. The predicted octanol–water partition coefficient (Wildman–Crippen LogP) is 4.89. The van der Waals surface area contributed by atoms with E-state index in [0.717, 1.165) is 55.6 Å². The van der Waals surface area contributed by atoms with Crippen molar-refractivity contribution in [3.8, 4) is 11.3 Å². The molecule has 1 saturated heterocycles. The zero-order valence-electron chi connectivity index (χ0n) is 22.9. The number of nitrogens with two attached hydrogens (primary N) is 2. The third-order valence-corrected chi connectivity index (χ3v) is 8.63. The van der Waals surface area contributed by atoms with Crippen LogP contribution in [0.5, 0.6) is 0 Å². The topological polar surface area (TPSA) is 121 Å². The number of halogens is 4.